The molecule has 25 heavy (non-hydrogen) atoms. The molecule has 0 radical (unpaired) electrons. The number of rotatable bonds is 16. The Hall–Kier alpha value is -1.00. The standard InChI is InChI=1S/C20H35F3O2/c1-2-3-4-5-6-7-8-9-10-11-12-13-14-15-16-17-18-25-19(24)20(21,22)23/h9-10H,2-8,11-18H2,1H3/b10-9-. The van der Waals surface area contributed by atoms with Crippen LogP contribution in [0.5, 0.6) is 0 Å². The zero-order valence-electron chi connectivity index (χ0n) is 15.7. The molecule has 0 aromatic rings. The highest BCUT2D eigenvalue weighted by atomic mass is 19.4. The molecule has 0 unspecified atom stereocenters. The number of carbonyl (C=O) groups is 1. The van der Waals surface area contributed by atoms with E-state index in [0.29, 0.717) is 6.42 Å². The Morgan fingerprint density at radius 1 is 0.760 bits per heavy atom. The number of carbonyl (C=O) groups excluding carboxylic acids is 1. The topological polar surface area (TPSA) is 26.3 Å². The molecule has 0 aliphatic rings. The van der Waals surface area contributed by atoms with Crippen LogP contribution in [0, 0.1) is 0 Å². The molecule has 2 nitrogen and oxygen atoms in total. The second kappa shape index (κ2) is 16.5. The molecule has 0 amide bonds. The monoisotopic (exact) mass is 364 g/mol. The van der Waals surface area contributed by atoms with Crippen LogP contribution in [0.1, 0.15) is 96.8 Å². The lowest BCUT2D eigenvalue weighted by atomic mass is 10.1. The van der Waals surface area contributed by atoms with Gasteiger partial charge in [0.05, 0.1) is 6.61 Å². The molecule has 0 N–H and O–H groups in total. The number of unbranched alkanes of at least 4 members (excludes halogenated alkanes) is 12. The van der Waals surface area contributed by atoms with Gasteiger partial charge in [0, 0.05) is 0 Å². The highest BCUT2D eigenvalue weighted by Gasteiger charge is 2.40. The summed E-state index contributed by atoms with van der Waals surface area (Å²) in [5, 5.41) is 0. The van der Waals surface area contributed by atoms with E-state index in [1.54, 1.807) is 0 Å². The fraction of sp³-hybridized carbons (Fsp3) is 0.850. The van der Waals surface area contributed by atoms with E-state index in [1.165, 1.54) is 44.9 Å². The Bertz CT molecular complexity index is 338. The molecule has 0 bridgehead atoms. The Kier molecular flexibility index (Phi) is 15.8. The van der Waals surface area contributed by atoms with Crippen LogP contribution in [-0.4, -0.2) is 18.8 Å². The number of alkyl halides is 3. The summed E-state index contributed by atoms with van der Waals surface area (Å²) in [5.74, 6) is -2.08. The second-order valence-electron chi connectivity index (χ2n) is 6.57. The predicted molar refractivity (Wildman–Crippen MR) is 96.5 cm³/mol. The van der Waals surface area contributed by atoms with Crippen molar-refractivity contribution < 1.29 is 22.7 Å². The molecule has 0 aliphatic carbocycles. The first-order valence-electron chi connectivity index (χ1n) is 9.87. The van der Waals surface area contributed by atoms with E-state index < -0.39 is 12.1 Å². The van der Waals surface area contributed by atoms with Gasteiger partial charge < -0.3 is 4.74 Å². The molecule has 148 valence electrons. The molecule has 0 saturated carbocycles. The molecule has 0 fully saturated rings. The van der Waals surface area contributed by atoms with Crippen molar-refractivity contribution in [3.8, 4) is 0 Å². The zero-order chi connectivity index (χ0) is 18.8. The number of esters is 1. The van der Waals surface area contributed by atoms with Crippen molar-refractivity contribution in [2.45, 2.75) is 103 Å². The molecule has 0 rings (SSSR count). The van der Waals surface area contributed by atoms with Crippen molar-refractivity contribution in [3.63, 3.8) is 0 Å². The van der Waals surface area contributed by atoms with Gasteiger partial charge in [-0.3, -0.25) is 0 Å². The number of hydrogen-bond acceptors (Lipinski definition) is 2. The highest BCUT2D eigenvalue weighted by Crippen LogP contribution is 2.17. The van der Waals surface area contributed by atoms with Crippen molar-refractivity contribution in [3.05, 3.63) is 12.2 Å². The molecule has 0 heterocycles. The largest absolute Gasteiger partial charge is 0.490 e. The molecular formula is C20H35F3O2. The minimum atomic E-state index is -4.87. The maximum Gasteiger partial charge on any atom is 0.490 e. The fourth-order valence-electron chi connectivity index (χ4n) is 2.60. The molecule has 5 heteroatoms. The first kappa shape index (κ1) is 24.0. The van der Waals surface area contributed by atoms with E-state index in [9.17, 15) is 18.0 Å². The number of ether oxygens (including phenoxy) is 1. The predicted octanol–water partition coefficient (Wildman–Crippen LogP) is 7.13. The summed E-state index contributed by atoms with van der Waals surface area (Å²) in [6.07, 6.45) is 15.6. The number of hydrogen-bond donors (Lipinski definition) is 0. The Morgan fingerprint density at radius 2 is 1.20 bits per heavy atom. The third kappa shape index (κ3) is 17.6. The Balaban J connectivity index is 3.21. The van der Waals surface area contributed by atoms with Crippen molar-refractivity contribution in [1.82, 2.24) is 0 Å². The molecule has 0 spiro atoms. The summed E-state index contributed by atoms with van der Waals surface area (Å²) >= 11 is 0. The third-order valence-corrected chi connectivity index (χ3v) is 4.12. The second-order valence-corrected chi connectivity index (χ2v) is 6.57. The van der Waals surface area contributed by atoms with E-state index in [2.05, 4.69) is 23.8 Å². The smallest absolute Gasteiger partial charge is 0.459 e. The van der Waals surface area contributed by atoms with Crippen LogP contribution in [0.15, 0.2) is 12.2 Å². The van der Waals surface area contributed by atoms with Crippen molar-refractivity contribution in [2.24, 2.45) is 0 Å². The lowest BCUT2D eigenvalue weighted by molar-refractivity contribution is -0.199. The van der Waals surface area contributed by atoms with Gasteiger partial charge in [-0.2, -0.15) is 13.2 Å². The molecule has 0 aromatic carbocycles. The van der Waals surface area contributed by atoms with Gasteiger partial charge in [-0.1, -0.05) is 76.9 Å². The Morgan fingerprint density at radius 3 is 1.68 bits per heavy atom. The van der Waals surface area contributed by atoms with Crippen LogP contribution in [-0.2, 0) is 9.53 Å². The van der Waals surface area contributed by atoms with E-state index >= 15 is 0 Å². The lowest BCUT2D eigenvalue weighted by Crippen LogP contribution is -2.25. The van der Waals surface area contributed by atoms with Crippen LogP contribution < -0.4 is 0 Å². The number of allylic oxidation sites excluding steroid dienone is 2. The van der Waals surface area contributed by atoms with Crippen molar-refractivity contribution >= 4 is 5.97 Å². The summed E-state index contributed by atoms with van der Waals surface area (Å²) in [5.41, 5.74) is 0. The fourth-order valence-corrected chi connectivity index (χ4v) is 2.60. The van der Waals surface area contributed by atoms with Crippen LogP contribution in [0.25, 0.3) is 0 Å². The minimum absolute atomic E-state index is 0.139. The first-order valence-corrected chi connectivity index (χ1v) is 9.87. The lowest BCUT2D eigenvalue weighted by Gasteiger charge is -2.06. The van der Waals surface area contributed by atoms with E-state index in [-0.39, 0.29) is 6.61 Å². The van der Waals surface area contributed by atoms with Crippen molar-refractivity contribution in [1.29, 1.82) is 0 Å². The molecule has 0 atom stereocenters. The highest BCUT2D eigenvalue weighted by molar-refractivity contribution is 5.75. The SMILES string of the molecule is CCCCCCCC/C=C\CCCCCCCCOC(=O)C(F)(F)F. The van der Waals surface area contributed by atoms with Gasteiger partial charge in [0.25, 0.3) is 0 Å². The van der Waals surface area contributed by atoms with E-state index in [1.807, 2.05) is 0 Å². The minimum Gasteiger partial charge on any atom is -0.459 e. The van der Waals surface area contributed by atoms with Crippen LogP contribution in [0.3, 0.4) is 0 Å². The van der Waals surface area contributed by atoms with E-state index in [4.69, 9.17) is 0 Å². The van der Waals surface area contributed by atoms with Gasteiger partial charge >= 0.3 is 12.1 Å². The van der Waals surface area contributed by atoms with Gasteiger partial charge in [-0.25, -0.2) is 4.79 Å². The van der Waals surface area contributed by atoms with Gasteiger partial charge in [-0.15, -0.1) is 0 Å². The van der Waals surface area contributed by atoms with Crippen LogP contribution in [0.4, 0.5) is 13.2 Å². The molecule has 0 saturated heterocycles. The molecule has 0 aromatic heterocycles. The zero-order valence-corrected chi connectivity index (χ0v) is 15.7. The normalized spacial score (nSPS) is 12.0. The van der Waals surface area contributed by atoms with Gasteiger partial charge in [0.1, 0.15) is 0 Å². The van der Waals surface area contributed by atoms with Gasteiger partial charge in [-0.05, 0) is 32.1 Å². The van der Waals surface area contributed by atoms with Crippen LogP contribution in [0.2, 0.25) is 0 Å². The van der Waals surface area contributed by atoms with Gasteiger partial charge in [0.15, 0.2) is 0 Å². The van der Waals surface area contributed by atoms with E-state index in [0.717, 1.165) is 38.5 Å². The molecule has 0 aliphatic heterocycles. The van der Waals surface area contributed by atoms with Crippen LogP contribution >= 0.6 is 0 Å². The van der Waals surface area contributed by atoms with Crippen molar-refractivity contribution in [2.75, 3.05) is 6.61 Å². The summed E-state index contributed by atoms with van der Waals surface area (Å²) in [4.78, 5) is 10.5. The quantitative estimate of drug-likeness (QED) is 0.165. The van der Waals surface area contributed by atoms with Gasteiger partial charge in [0.2, 0.25) is 0 Å². The summed E-state index contributed by atoms with van der Waals surface area (Å²) < 4.78 is 39.8. The molecular weight excluding hydrogens is 329 g/mol. The number of halogens is 3. The summed E-state index contributed by atoms with van der Waals surface area (Å²) in [6.45, 7) is 2.09. The maximum absolute atomic E-state index is 11.9. The third-order valence-electron chi connectivity index (χ3n) is 4.12. The summed E-state index contributed by atoms with van der Waals surface area (Å²) in [7, 11) is 0. The first-order chi connectivity index (χ1) is 12.0. The maximum atomic E-state index is 11.9. The Labute approximate surface area is 151 Å². The average molecular weight is 364 g/mol. The summed E-state index contributed by atoms with van der Waals surface area (Å²) in [6, 6.07) is 0. The average Bonchev–Trinajstić information content (AvgIpc) is 2.56.